The molecule has 1 fully saturated rings. The Bertz CT molecular complexity index is 417. The van der Waals surface area contributed by atoms with Crippen molar-refractivity contribution in [1.29, 1.82) is 0 Å². The molecule has 2 nitrogen and oxygen atoms in total. The Balaban J connectivity index is 2.56. The molecule has 17 heavy (non-hydrogen) atoms. The number of hydrogen-bond acceptors (Lipinski definition) is 1. The van der Waals surface area contributed by atoms with Gasteiger partial charge < -0.3 is 5.11 Å². The fraction of sp³-hybridized carbons (Fsp3) is 0.462. The number of carboxylic acid groups (broad SMARTS) is 1. The minimum absolute atomic E-state index is 0.271. The number of benzene rings is 1. The van der Waals surface area contributed by atoms with Gasteiger partial charge in [-0.25, -0.2) is 8.78 Å². The molecule has 92 valence electrons. The van der Waals surface area contributed by atoms with Crippen LogP contribution in [0.3, 0.4) is 0 Å². The van der Waals surface area contributed by atoms with E-state index >= 15 is 0 Å². The van der Waals surface area contributed by atoms with Gasteiger partial charge in [-0.05, 0) is 25.0 Å². The van der Waals surface area contributed by atoms with Crippen molar-refractivity contribution in [3.63, 3.8) is 0 Å². The number of hydrogen-bond donors (Lipinski definition) is 1. The summed E-state index contributed by atoms with van der Waals surface area (Å²) in [6.07, 6.45) is 2.92. The Labute approximate surface area is 98.3 Å². The predicted molar refractivity (Wildman–Crippen MR) is 58.8 cm³/mol. The summed E-state index contributed by atoms with van der Waals surface area (Å²) in [6.45, 7) is 0. The Morgan fingerprint density at radius 2 is 1.65 bits per heavy atom. The van der Waals surface area contributed by atoms with E-state index in [-0.39, 0.29) is 5.56 Å². The van der Waals surface area contributed by atoms with Crippen molar-refractivity contribution in [2.45, 2.75) is 37.5 Å². The highest BCUT2D eigenvalue weighted by molar-refractivity contribution is 5.81. The Hall–Kier alpha value is -1.45. The van der Waals surface area contributed by atoms with Crippen molar-refractivity contribution in [2.75, 3.05) is 0 Å². The first-order valence-corrected chi connectivity index (χ1v) is 5.76. The first-order valence-electron chi connectivity index (χ1n) is 5.76. The molecule has 1 aromatic carbocycles. The largest absolute Gasteiger partial charge is 0.481 e. The van der Waals surface area contributed by atoms with E-state index in [9.17, 15) is 18.7 Å². The maximum atomic E-state index is 13.7. The van der Waals surface area contributed by atoms with Crippen LogP contribution in [-0.4, -0.2) is 11.1 Å². The molecular weight excluding hydrogens is 226 g/mol. The van der Waals surface area contributed by atoms with Gasteiger partial charge in [0, 0.05) is 5.56 Å². The van der Waals surface area contributed by atoms with E-state index in [0.717, 1.165) is 18.6 Å². The first kappa shape index (κ1) is 12.0. The molecule has 0 heterocycles. The average Bonchev–Trinajstić information content (AvgIpc) is 2.29. The molecule has 1 N–H and O–H groups in total. The van der Waals surface area contributed by atoms with Gasteiger partial charge >= 0.3 is 5.97 Å². The van der Waals surface area contributed by atoms with Gasteiger partial charge in [0.15, 0.2) is 0 Å². The lowest BCUT2D eigenvalue weighted by Gasteiger charge is -2.33. The van der Waals surface area contributed by atoms with Gasteiger partial charge in [-0.1, -0.05) is 25.3 Å². The number of carboxylic acids is 1. The number of aliphatic carboxylic acids is 1. The minimum Gasteiger partial charge on any atom is -0.481 e. The Morgan fingerprint density at radius 3 is 2.12 bits per heavy atom. The standard InChI is InChI=1S/C13H14F2O2/c14-9-5-4-6-10(15)11(9)13(12(16)17)7-2-1-3-8-13/h4-6H,1-3,7-8H2,(H,16,17). The molecule has 0 unspecified atom stereocenters. The monoisotopic (exact) mass is 240 g/mol. The Morgan fingerprint density at radius 1 is 1.12 bits per heavy atom. The summed E-state index contributed by atoms with van der Waals surface area (Å²) in [7, 11) is 0. The van der Waals surface area contributed by atoms with Crippen molar-refractivity contribution in [3.8, 4) is 0 Å². The van der Waals surface area contributed by atoms with Crippen LogP contribution in [0.5, 0.6) is 0 Å². The zero-order valence-corrected chi connectivity index (χ0v) is 9.38. The summed E-state index contributed by atoms with van der Waals surface area (Å²) in [6, 6.07) is 3.50. The molecule has 0 radical (unpaired) electrons. The van der Waals surface area contributed by atoms with Gasteiger partial charge in [0.1, 0.15) is 11.6 Å². The predicted octanol–water partition coefficient (Wildman–Crippen LogP) is 3.25. The van der Waals surface area contributed by atoms with Crippen molar-refractivity contribution in [1.82, 2.24) is 0 Å². The third-order valence-electron chi connectivity index (χ3n) is 3.56. The molecule has 2 rings (SSSR count). The second kappa shape index (κ2) is 4.43. The molecule has 1 aliphatic carbocycles. The van der Waals surface area contributed by atoms with Crippen LogP contribution in [-0.2, 0) is 10.2 Å². The van der Waals surface area contributed by atoms with Gasteiger partial charge in [0.2, 0.25) is 0 Å². The van der Waals surface area contributed by atoms with Crippen LogP contribution >= 0.6 is 0 Å². The molecule has 0 aromatic heterocycles. The van der Waals surface area contributed by atoms with Crippen LogP contribution < -0.4 is 0 Å². The third-order valence-corrected chi connectivity index (χ3v) is 3.56. The zero-order chi connectivity index (χ0) is 12.5. The number of halogens is 2. The fourth-order valence-electron chi connectivity index (χ4n) is 2.68. The fourth-order valence-corrected chi connectivity index (χ4v) is 2.68. The summed E-state index contributed by atoms with van der Waals surface area (Å²) < 4.78 is 27.5. The molecule has 1 aliphatic rings. The number of rotatable bonds is 2. The van der Waals surface area contributed by atoms with Crippen molar-refractivity contribution < 1.29 is 18.7 Å². The maximum Gasteiger partial charge on any atom is 0.314 e. The van der Waals surface area contributed by atoms with Crippen molar-refractivity contribution in [3.05, 3.63) is 35.4 Å². The van der Waals surface area contributed by atoms with Crippen molar-refractivity contribution >= 4 is 5.97 Å². The maximum absolute atomic E-state index is 13.7. The van der Waals surface area contributed by atoms with E-state index < -0.39 is 23.0 Å². The smallest absolute Gasteiger partial charge is 0.314 e. The van der Waals surface area contributed by atoms with E-state index in [2.05, 4.69) is 0 Å². The highest BCUT2D eigenvalue weighted by Gasteiger charge is 2.44. The summed E-state index contributed by atoms with van der Waals surface area (Å²) in [5.41, 5.74) is -1.65. The molecule has 0 amide bonds. The van der Waals surface area contributed by atoms with Crippen LogP contribution in [0.25, 0.3) is 0 Å². The summed E-state index contributed by atoms with van der Waals surface area (Å²) in [4.78, 5) is 11.4. The molecular formula is C13H14F2O2. The summed E-state index contributed by atoms with van der Waals surface area (Å²) in [5.74, 6) is -2.63. The van der Waals surface area contributed by atoms with Crippen LogP contribution in [0, 0.1) is 11.6 Å². The van der Waals surface area contributed by atoms with E-state index in [4.69, 9.17) is 0 Å². The summed E-state index contributed by atoms with van der Waals surface area (Å²) in [5, 5.41) is 9.36. The van der Waals surface area contributed by atoms with Gasteiger partial charge in [0.25, 0.3) is 0 Å². The van der Waals surface area contributed by atoms with Crippen LogP contribution in [0.4, 0.5) is 8.78 Å². The van der Waals surface area contributed by atoms with Crippen molar-refractivity contribution in [2.24, 2.45) is 0 Å². The zero-order valence-electron chi connectivity index (χ0n) is 9.38. The second-order valence-corrected chi connectivity index (χ2v) is 4.54. The van der Waals surface area contributed by atoms with Gasteiger partial charge in [-0.2, -0.15) is 0 Å². The molecule has 1 aromatic rings. The molecule has 4 heteroatoms. The van der Waals surface area contributed by atoms with E-state index in [1.165, 1.54) is 6.07 Å². The SMILES string of the molecule is O=C(O)C1(c2c(F)cccc2F)CCCCC1. The van der Waals surface area contributed by atoms with Gasteiger partial charge in [0.05, 0.1) is 5.41 Å². The quantitative estimate of drug-likeness (QED) is 0.861. The lowest BCUT2D eigenvalue weighted by molar-refractivity contribution is -0.145. The van der Waals surface area contributed by atoms with E-state index in [1.807, 2.05) is 0 Å². The third kappa shape index (κ3) is 1.92. The van der Waals surface area contributed by atoms with E-state index in [1.54, 1.807) is 0 Å². The average molecular weight is 240 g/mol. The molecule has 0 bridgehead atoms. The highest BCUT2D eigenvalue weighted by atomic mass is 19.1. The molecule has 0 aliphatic heterocycles. The second-order valence-electron chi connectivity index (χ2n) is 4.54. The first-order chi connectivity index (χ1) is 8.08. The lowest BCUT2D eigenvalue weighted by Crippen LogP contribution is -2.39. The topological polar surface area (TPSA) is 37.3 Å². The lowest BCUT2D eigenvalue weighted by atomic mass is 9.69. The minimum atomic E-state index is -1.38. The normalized spacial score (nSPS) is 18.9. The molecule has 0 saturated heterocycles. The van der Waals surface area contributed by atoms with Crippen LogP contribution in [0.15, 0.2) is 18.2 Å². The summed E-state index contributed by atoms with van der Waals surface area (Å²) >= 11 is 0. The van der Waals surface area contributed by atoms with Crippen LogP contribution in [0.1, 0.15) is 37.7 Å². The van der Waals surface area contributed by atoms with Gasteiger partial charge in [-0.3, -0.25) is 4.79 Å². The van der Waals surface area contributed by atoms with E-state index in [0.29, 0.717) is 25.7 Å². The molecule has 0 spiro atoms. The molecule has 1 saturated carbocycles. The number of carbonyl (C=O) groups is 1. The Kier molecular flexibility index (Phi) is 3.13. The van der Waals surface area contributed by atoms with Gasteiger partial charge in [-0.15, -0.1) is 0 Å². The highest BCUT2D eigenvalue weighted by Crippen LogP contribution is 2.41. The van der Waals surface area contributed by atoms with Crippen LogP contribution in [0.2, 0.25) is 0 Å². The molecule has 0 atom stereocenters.